The van der Waals surface area contributed by atoms with Gasteiger partial charge in [0.1, 0.15) is 0 Å². The van der Waals surface area contributed by atoms with Crippen LogP contribution in [0.15, 0.2) is 28.7 Å². The molecule has 1 saturated heterocycles. The quantitative estimate of drug-likeness (QED) is 0.826. The van der Waals surface area contributed by atoms with E-state index < -0.39 is 0 Å². The van der Waals surface area contributed by atoms with Gasteiger partial charge in [0.2, 0.25) is 5.91 Å². The van der Waals surface area contributed by atoms with Gasteiger partial charge in [-0.3, -0.25) is 4.79 Å². The van der Waals surface area contributed by atoms with Gasteiger partial charge < -0.3 is 9.64 Å². The lowest BCUT2D eigenvalue weighted by Gasteiger charge is -2.37. The fraction of sp³-hybridized carbons (Fsp3) is 0.588. The first-order chi connectivity index (χ1) is 10.2. The maximum Gasteiger partial charge on any atom is 0.225 e. The van der Waals surface area contributed by atoms with Crippen LogP contribution in [-0.2, 0) is 16.1 Å². The van der Waals surface area contributed by atoms with Crippen LogP contribution in [0.25, 0.3) is 0 Å². The first kappa shape index (κ1) is 15.0. The number of carbonyl (C=O) groups excluding carboxylic acids is 1. The summed E-state index contributed by atoms with van der Waals surface area (Å²) in [5.41, 5.74) is 1.18. The third-order valence-corrected chi connectivity index (χ3v) is 5.07. The molecule has 114 valence electrons. The van der Waals surface area contributed by atoms with Crippen LogP contribution in [0.2, 0.25) is 0 Å². The molecule has 0 spiro atoms. The van der Waals surface area contributed by atoms with Gasteiger partial charge in [-0.05, 0) is 43.4 Å². The van der Waals surface area contributed by atoms with Crippen LogP contribution in [0, 0.1) is 5.92 Å². The summed E-state index contributed by atoms with van der Waals surface area (Å²) in [7, 11) is 0. The third-order valence-electron chi connectivity index (χ3n) is 4.54. The topological polar surface area (TPSA) is 29.5 Å². The number of carbonyl (C=O) groups is 1. The van der Waals surface area contributed by atoms with E-state index in [4.69, 9.17) is 4.74 Å². The molecule has 1 heterocycles. The van der Waals surface area contributed by atoms with Crippen LogP contribution in [0.1, 0.15) is 37.7 Å². The summed E-state index contributed by atoms with van der Waals surface area (Å²) in [6.45, 7) is 2.31. The summed E-state index contributed by atoms with van der Waals surface area (Å²) in [5.74, 6) is 0.661. The van der Waals surface area contributed by atoms with Gasteiger partial charge in [0.25, 0.3) is 0 Å². The minimum Gasteiger partial charge on any atom is -0.372 e. The number of likely N-dealkylation sites (tertiary alicyclic amines) is 1. The van der Waals surface area contributed by atoms with Gasteiger partial charge in [0, 0.05) is 23.5 Å². The Kier molecular flexibility index (Phi) is 4.96. The van der Waals surface area contributed by atoms with E-state index in [1.54, 1.807) is 0 Å². The molecule has 2 fully saturated rings. The Hall–Kier alpha value is -0.870. The molecule has 3 rings (SSSR count). The Morgan fingerprint density at radius 2 is 1.95 bits per heavy atom. The molecule has 3 nitrogen and oxygen atoms in total. The zero-order valence-electron chi connectivity index (χ0n) is 12.3. The lowest BCUT2D eigenvalue weighted by atomic mass is 9.84. The lowest BCUT2D eigenvalue weighted by Crippen LogP contribution is -2.46. The van der Waals surface area contributed by atoms with Crippen molar-refractivity contribution in [2.45, 2.75) is 44.8 Å². The minimum atomic E-state index is 0.187. The SMILES string of the molecule is O=C(C1CCC1)N1CCCC(OCc2ccc(Br)cc2)C1. The predicted molar refractivity (Wildman–Crippen MR) is 85.9 cm³/mol. The molecule has 21 heavy (non-hydrogen) atoms. The molecule has 1 aliphatic carbocycles. The molecule has 0 aromatic heterocycles. The van der Waals surface area contributed by atoms with E-state index in [9.17, 15) is 4.79 Å². The van der Waals surface area contributed by atoms with Gasteiger partial charge in [-0.2, -0.15) is 0 Å². The number of nitrogens with zero attached hydrogens (tertiary/aromatic N) is 1. The van der Waals surface area contributed by atoms with Crippen LogP contribution in [-0.4, -0.2) is 30.0 Å². The molecule has 0 radical (unpaired) electrons. The second-order valence-electron chi connectivity index (χ2n) is 6.11. The van der Waals surface area contributed by atoms with E-state index in [0.29, 0.717) is 18.4 Å². The molecule has 0 bridgehead atoms. The van der Waals surface area contributed by atoms with Crippen molar-refractivity contribution in [2.24, 2.45) is 5.92 Å². The highest BCUT2D eigenvalue weighted by molar-refractivity contribution is 9.10. The number of hydrogen-bond acceptors (Lipinski definition) is 2. The van der Waals surface area contributed by atoms with Crippen molar-refractivity contribution < 1.29 is 9.53 Å². The second-order valence-corrected chi connectivity index (χ2v) is 7.03. The molecule has 1 aromatic carbocycles. The summed E-state index contributed by atoms with van der Waals surface area (Å²) in [5, 5.41) is 0. The summed E-state index contributed by atoms with van der Waals surface area (Å²) in [6, 6.07) is 8.21. The number of halogens is 1. The minimum absolute atomic E-state index is 0.187. The third kappa shape index (κ3) is 3.86. The molecule has 1 atom stereocenters. The van der Waals surface area contributed by atoms with Crippen molar-refractivity contribution in [1.29, 1.82) is 0 Å². The molecule has 1 aromatic rings. The lowest BCUT2D eigenvalue weighted by molar-refractivity contribution is -0.142. The van der Waals surface area contributed by atoms with Crippen molar-refractivity contribution >= 4 is 21.8 Å². The zero-order chi connectivity index (χ0) is 14.7. The number of piperidine rings is 1. The zero-order valence-corrected chi connectivity index (χ0v) is 13.8. The molecule has 1 unspecified atom stereocenters. The van der Waals surface area contributed by atoms with Crippen LogP contribution in [0.3, 0.4) is 0 Å². The van der Waals surface area contributed by atoms with Crippen LogP contribution in [0.5, 0.6) is 0 Å². The first-order valence-electron chi connectivity index (χ1n) is 7.87. The van der Waals surface area contributed by atoms with Gasteiger partial charge in [-0.15, -0.1) is 0 Å². The first-order valence-corrected chi connectivity index (χ1v) is 8.66. The average Bonchev–Trinajstić information content (AvgIpc) is 2.45. The maximum atomic E-state index is 12.3. The molecular weight excluding hydrogens is 330 g/mol. The smallest absolute Gasteiger partial charge is 0.225 e. The molecule has 4 heteroatoms. The number of amides is 1. The summed E-state index contributed by atoms with van der Waals surface area (Å²) in [4.78, 5) is 14.3. The maximum absolute atomic E-state index is 12.3. The standard InChI is InChI=1S/C17H22BrNO2/c18-15-8-6-13(7-9-15)12-21-16-5-2-10-19(11-16)17(20)14-3-1-4-14/h6-9,14,16H,1-5,10-12H2. The largest absolute Gasteiger partial charge is 0.372 e. The fourth-order valence-electron chi connectivity index (χ4n) is 2.98. The Balaban J connectivity index is 1.49. The Labute approximate surface area is 134 Å². The van der Waals surface area contributed by atoms with Crippen molar-refractivity contribution in [3.63, 3.8) is 0 Å². The molecule has 1 amide bonds. The van der Waals surface area contributed by atoms with Gasteiger partial charge in [0.15, 0.2) is 0 Å². The Bertz CT molecular complexity index is 484. The highest BCUT2D eigenvalue weighted by Gasteiger charge is 2.32. The normalized spacial score (nSPS) is 22.9. The fourth-order valence-corrected chi connectivity index (χ4v) is 3.25. The molecular formula is C17H22BrNO2. The number of ether oxygens (including phenoxy) is 1. The highest BCUT2D eigenvalue weighted by Crippen LogP contribution is 2.29. The summed E-state index contributed by atoms with van der Waals surface area (Å²) >= 11 is 3.44. The van der Waals surface area contributed by atoms with Crippen molar-refractivity contribution in [2.75, 3.05) is 13.1 Å². The van der Waals surface area contributed by atoms with E-state index in [1.165, 1.54) is 12.0 Å². The average molecular weight is 352 g/mol. The van der Waals surface area contributed by atoms with Crippen LogP contribution >= 0.6 is 15.9 Å². The van der Waals surface area contributed by atoms with Gasteiger partial charge >= 0.3 is 0 Å². The van der Waals surface area contributed by atoms with E-state index in [1.807, 2.05) is 17.0 Å². The molecule has 2 aliphatic rings. The second kappa shape index (κ2) is 6.93. The predicted octanol–water partition coefficient (Wildman–Crippen LogP) is 3.76. The van der Waals surface area contributed by atoms with Crippen molar-refractivity contribution in [1.82, 2.24) is 4.90 Å². The van der Waals surface area contributed by atoms with Crippen molar-refractivity contribution in [3.8, 4) is 0 Å². The Morgan fingerprint density at radius 3 is 2.62 bits per heavy atom. The summed E-state index contributed by atoms with van der Waals surface area (Å²) < 4.78 is 7.10. The number of rotatable bonds is 4. The molecule has 1 saturated carbocycles. The molecule has 1 aliphatic heterocycles. The van der Waals surface area contributed by atoms with Crippen LogP contribution in [0.4, 0.5) is 0 Å². The number of benzene rings is 1. The van der Waals surface area contributed by atoms with E-state index in [0.717, 1.165) is 43.2 Å². The highest BCUT2D eigenvalue weighted by atomic mass is 79.9. The van der Waals surface area contributed by atoms with E-state index in [-0.39, 0.29) is 6.10 Å². The van der Waals surface area contributed by atoms with Crippen molar-refractivity contribution in [3.05, 3.63) is 34.3 Å². The summed E-state index contributed by atoms with van der Waals surface area (Å²) in [6.07, 6.45) is 5.69. The van der Waals surface area contributed by atoms with Crippen LogP contribution < -0.4 is 0 Å². The van der Waals surface area contributed by atoms with Gasteiger partial charge in [-0.25, -0.2) is 0 Å². The Morgan fingerprint density at radius 1 is 1.19 bits per heavy atom. The van der Waals surface area contributed by atoms with E-state index >= 15 is 0 Å². The number of hydrogen-bond donors (Lipinski definition) is 0. The van der Waals surface area contributed by atoms with Gasteiger partial charge in [-0.1, -0.05) is 34.5 Å². The van der Waals surface area contributed by atoms with Gasteiger partial charge in [0.05, 0.1) is 12.7 Å². The molecule has 0 N–H and O–H groups in total. The van der Waals surface area contributed by atoms with E-state index in [2.05, 4.69) is 28.1 Å². The monoisotopic (exact) mass is 351 g/mol.